The third-order valence-electron chi connectivity index (χ3n) is 4.90. The van der Waals surface area contributed by atoms with Crippen molar-refractivity contribution in [2.75, 3.05) is 28.2 Å². The third kappa shape index (κ3) is 3.22. The topological polar surface area (TPSA) is 90.5 Å². The first-order chi connectivity index (χ1) is 13.6. The summed E-state index contributed by atoms with van der Waals surface area (Å²) in [4.78, 5) is 37.9. The van der Waals surface area contributed by atoms with Crippen molar-refractivity contribution in [3.05, 3.63) is 42.2 Å². The van der Waals surface area contributed by atoms with Crippen molar-refractivity contribution in [2.45, 2.75) is 25.4 Å². The number of hydrogen-bond donors (Lipinski definition) is 2. The molecule has 2 aliphatic rings. The number of amides is 3. The lowest BCUT2D eigenvalue weighted by Crippen LogP contribution is -2.48. The van der Waals surface area contributed by atoms with Gasteiger partial charge in [0.1, 0.15) is 11.5 Å². The SMILES string of the molecule is C#C[C@@H](C)NC(=O)c1ccc2c(n1)N(C(=O)Nc1ccccn1)C1CCN2C1. The van der Waals surface area contributed by atoms with Crippen molar-refractivity contribution >= 4 is 29.3 Å². The predicted molar refractivity (Wildman–Crippen MR) is 106 cm³/mol. The average molecular weight is 376 g/mol. The van der Waals surface area contributed by atoms with Gasteiger partial charge in [0.25, 0.3) is 5.91 Å². The molecule has 8 heteroatoms. The molecule has 4 rings (SSSR count). The standard InChI is InChI=1S/C20H20N6O2/c1-3-13(2)22-19(27)15-7-8-16-18(23-15)26(14-9-11-25(16)12-14)20(28)24-17-6-4-5-10-21-17/h1,4-8,10,13-14H,9,11-12H2,2H3,(H,22,27)(H,21,24,28)/t13-,14?/m1/s1. The summed E-state index contributed by atoms with van der Waals surface area (Å²) in [6.45, 7) is 3.30. The van der Waals surface area contributed by atoms with Crippen LogP contribution in [0.5, 0.6) is 0 Å². The summed E-state index contributed by atoms with van der Waals surface area (Å²) in [7, 11) is 0. The summed E-state index contributed by atoms with van der Waals surface area (Å²) in [5.74, 6) is 3.03. The number of aromatic nitrogens is 2. The van der Waals surface area contributed by atoms with Crippen LogP contribution < -0.4 is 20.4 Å². The number of terminal acetylenes is 1. The van der Waals surface area contributed by atoms with Gasteiger partial charge in [0.15, 0.2) is 5.82 Å². The monoisotopic (exact) mass is 376 g/mol. The highest BCUT2D eigenvalue weighted by molar-refractivity contribution is 6.05. The molecule has 2 bridgehead atoms. The fourth-order valence-electron chi connectivity index (χ4n) is 3.52. The first kappa shape index (κ1) is 17.8. The summed E-state index contributed by atoms with van der Waals surface area (Å²) < 4.78 is 0. The van der Waals surface area contributed by atoms with Gasteiger partial charge in [0.2, 0.25) is 0 Å². The highest BCUT2D eigenvalue weighted by Crippen LogP contribution is 2.39. The van der Waals surface area contributed by atoms with Crippen molar-refractivity contribution in [3.8, 4) is 12.3 Å². The second-order valence-electron chi connectivity index (χ2n) is 6.80. The van der Waals surface area contributed by atoms with Gasteiger partial charge in [0.05, 0.1) is 17.8 Å². The van der Waals surface area contributed by atoms with E-state index in [2.05, 4.69) is 31.4 Å². The number of rotatable bonds is 3. The summed E-state index contributed by atoms with van der Waals surface area (Å²) in [5, 5.41) is 5.51. The van der Waals surface area contributed by atoms with Crippen molar-refractivity contribution in [3.63, 3.8) is 0 Å². The molecule has 142 valence electrons. The van der Waals surface area contributed by atoms with Gasteiger partial charge in [0, 0.05) is 19.3 Å². The summed E-state index contributed by atoms with van der Waals surface area (Å²) in [5.41, 5.74) is 1.06. The Morgan fingerprint density at radius 3 is 2.93 bits per heavy atom. The van der Waals surface area contributed by atoms with Gasteiger partial charge in [-0.1, -0.05) is 12.0 Å². The minimum Gasteiger partial charge on any atom is -0.366 e. The molecule has 0 spiro atoms. The van der Waals surface area contributed by atoms with Crippen molar-refractivity contribution < 1.29 is 9.59 Å². The lowest BCUT2D eigenvalue weighted by molar-refractivity contribution is 0.0943. The van der Waals surface area contributed by atoms with E-state index in [1.807, 2.05) is 6.07 Å². The Labute approximate surface area is 163 Å². The van der Waals surface area contributed by atoms with Gasteiger partial charge in [-0.05, 0) is 37.6 Å². The molecule has 3 amide bonds. The number of carbonyl (C=O) groups excluding carboxylic acids is 2. The van der Waals surface area contributed by atoms with E-state index in [0.717, 1.165) is 25.2 Å². The molecule has 0 aliphatic carbocycles. The molecular formula is C20H20N6O2. The third-order valence-corrected chi connectivity index (χ3v) is 4.90. The first-order valence-corrected chi connectivity index (χ1v) is 9.11. The van der Waals surface area contributed by atoms with E-state index in [1.54, 1.807) is 42.3 Å². The van der Waals surface area contributed by atoms with E-state index in [0.29, 0.717) is 11.6 Å². The normalized spacial score (nSPS) is 18.1. The number of nitrogens with one attached hydrogen (secondary N) is 2. The lowest BCUT2D eigenvalue weighted by atomic mass is 10.1. The zero-order chi connectivity index (χ0) is 19.7. The molecule has 1 unspecified atom stereocenters. The summed E-state index contributed by atoms with van der Waals surface area (Å²) in [6, 6.07) is 8.07. The molecule has 2 aromatic heterocycles. The van der Waals surface area contributed by atoms with Gasteiger partial charge < -0.3 is 10.2 Å². The molecule has 0 radical (unpaired) electrons. The second-order valence-corrected chi connectivity index (χ2v) is 6.80. The zero-order valence-electron chi connectivity index (χ0n) is 15.4. The average Bonchev–Trinajstić information content (AvgIpc) is 3.12. The minimum absolute atomic E-state index is 0.00773. The van der Waals surface area contributed by atoms with Crippen LogP contribution in [-0.4, -0.2) is 47.1 Å². The molecule has 2 N–H and O–H groups in total. The van der Waals surface area contributed by atoms with E-state index in [4.69, 9.17) is 6.42 Å². The molecule has 28 heavy (non-hydrogen) atoms. The van der Waals surface area contributed by atoms with Crippen molar-refractivity contribution in [2.24, 2.45) is 0 Å². The summed E-state index contributed by atoms with van der Waals surface area (Å²) >= 11 is 0. The Kier molecular flexibility index (Phi) is 4.57. The molecule has 0 saturated carbocycles. The van der Waals surface area contributed by atoms with Crippen LogP contribution in [-0.2, 0) is 0 Å². The molecule has 2 aliphatic heterocycles. The Bertz CT molecular complexity index is 955. The largest absolute Gasteiger partial charge is 0.366 e. The maximum absolute atomic E-state index is 13.0. The van der Waals surface area contributed by atoms with Crippen LogP contribution in [0.3, 0.4) is 0 Å². The maximum Gasteiger partial charge on any atom is 0.329 e. The van der Waals surface area contributed by atoms with Crippen LogP contribution in [0.15, 0.2) is 36.5 Å². The molecular weight excluding hydrogens is 356 g/mol. The lowest BCUT2D eigenvalue weighted by Gasteiger charge is -2.35. The van der Waals surface area contributed by atoms with Gasteiger partial charge in [-0.25, -0.2) is 14.8 Å². The van der Waals surface area contributed by atoms with Crippen molar-refractivity contribution in [1.82, 2.24) is 15.3 Å². The predicted octanol–water partition coefficient (Wildman–Crippen LogP) is 1.86. The van der Waals surface area contributed by atoms with Gasteiger partial charge in [-0.15, -0.1) is 6.42 Å². The molecule has 1 fully saturated rings. The number of fused-ring (bicyclic) bond motifs is 4. The van der Waals surface area contributed by atoms with E-state index in [1.165, 1.54) is 0 Å². The highest BCUT2D eigenvalue weighted by atomic mass is 16.2. The molecule has 4 heterocycles. The van der Waals surface area contributed by atoms with E-state index >= 15 is 0 Å². The molecule has 1 saturated heterocycles. The van der Waals surface area contributed by atoms with E-state index < -0.39 is 6.04 Å². The number of anilines is 3. The van der Waals surface area contributed by atoms with Crippen LogP contribution >= 0.6 is 0 Å². The van der Waals surface area contributed by atoms with Crippen LogP contribution in [0, 0.1) is 12.3 Å². The maximum atomic E-state index is 13.0. The Morgan fingerprint density at radius 1 is 1.32 bits per heavy atom. The number of hydrogen-bond acceptors (Lipinski definition) is 5. The quantitative estimate of drug-likeness (QED) is 0.798. The number of pyridine rings is 2. The Balaban J connectivity index is 1.66. The number of nitrogens with zero attached hydrogens (tertiary/aromatic N) is 4. The highest BCUT2D eigenvalue weighted by Gasteiger charge is 2.40. The van der Waals surface area contributed by atoms with Gasteiger partial charge >= 0.3 is 6.03 Å². The zero-order valence-corrected chi connectivity index (χ0v) is 15.4. The van der Waals surface area contributed by atoms with Crippen LogP contribution in [0.2, 0.25) is 0 Å². The van der Waals surface area contributed by atoms with Crippen molar-refractivity contribution in [1.29, 1.82) is 0 Å². The van der Waals surface area contributed by atoms with E-state index in [-0.39, 0.29) is 23.7 Å². The summed E-state index contributed by atoms with van der Waals surface area (Å²) in [6.07, 6.45) is 7.78. The number of carbonyl (C=O) groups is 2. The minimum atomic E-state index is -0.409. The Hall–Kier alpha value is -3.60. The fraction of sp³-hybridized carbons (Fsp3) is 0.300. The van der Waals surface area contributed by atoms with Crippen LogP contribution in [0.1, 0.15) is 23.8 Å². The smallest absolute Gasteiger partial charge is 0.329 e. The second kappa shape index (κ2) is 7.19. The first-order valence-electron chi connectivity index (χ1n) is 9.11. The molecule has 2 aromatic rings. The fourth-order valence-corrected chi connectivity index (χ4v) is 3.52. The molecule has 2 atom stereocenters. The van der Waals surface area contributed by atoms with Gasteiger partial charge in [-0.3, -0.25) is 15.0 Å². The van der Waals surface area contributed by atoms with Crippen LogP contribution in [0.4, 0.5) is 22.1 Å². The van der Waals surface area contributed by atoms with Crippen LogP contribution in [0.25, 0.3) is 0 Å². The van der Waals surface area contributed by atoms with E-state index in [9.17, 15) is 9.59 Å². The number of urea groups is 1. The Morgan fingerprint density at radius 2 is 2.18 bits per heavy atom. The molecule has 0 aromatic carbocycles. The molecule has 8 nitrogen and oxygen atoms in total. The van der Waals surface area contributed by atoms with Gasteiger partial charge in [-0.2, -0.15) is 0 Å².